The molecule has 3 heteroatoms. The van der Waals surface area contributed by atoms with Gasteiger partial charge in [-0.1, -0.05) is 42.5 Å². The number of hydrogen-bond acceptors (Lipinski definition) is 3. The maximum atomic E-state index is 5.79. The van der Waals surface area contributed by atoms with Gasteiger partial charge in [-0.25, -0.2) is 0 Å². The van der Waals surface area contributed by atoms with Gasteiger partial charge < -0.3 is 14.4 Å². The number of benzene rings is 2. The van der Waals surface area contributed by atoms with Crippen molar-refractivity contribution in [3.05, 3.63) is 65.7 Å². The fourth-order valence-corrected chi connectivity index (χ4v) is 2.36. The van der Waals surface area contributed by atoms with Crippen LogP contribution >= 0.6 is 0 Å². The molecule has 0 aromatic heterocycles. The number of nitrogens with zero attached hydrogens (tertiary/aromatic N) is 1. The van der Waals surface area contributed by atoms with E-state index >= 15 is 0 Å². The highest BCUT2D eigenvalue weighted by molar-refractivity contribution is 5.34. The summed E-state index contributed by atoms with van der Waals surface area (Å²) in [6.07, 6.45) is 0.384. The molecule has 1 saturated heterocycles. The monoisotopic (exact) mass is 283 g/mol. The molecular weight excluding hydrogens is 262 g/mol. The highest BCUT2D eigenvalue weighted by atomic mass is 16.6. The van der Waals surface area contributed by atoms with Crippen LogP contribution in [0.2, 0.25) is 0 Å². The number of likely N-dealkylation sites (N-methyl/N-ethyl adjacent to an activating group) is 1. The first-order chi connectivity index (χ1) is 10.2. The van der Waals surface area contributed by atoms with Crippen LogP contribution in [-0.2, 0) is 4.74 Å². The van der Waals surface area contributed by atoms with Gasteiger partial charge >= 0.3 is 0 Å². The van der Waals surface area contributed by atoms with Crippen molar-refractivity contribution in [2.45, 2.75) is 12.2 Å². The fourth-order valence-electron chi connectivity index (χ4n) is 2.36. The van der Waals surface area contributed by atoms with Crippen LogP contribution in [0.5, 0.6) is 5.75 Å². The Morgan fingerprint density at radius 1 is 0.905 bits per heavy atom. The van der Waals surface area contributed by atoms with Crippen molar-refractivity contribution < 1.29 is 9.47 Å². The van der Waals surface area contributed by atoms with Gasteiger partial charge in [0.25, 0.3) is 0 Å². The molecule has 110 valence electrons. The fraction of sp³-hybridized carbons (Fsp3) is 0.333. The van der Waals surface area contributed by atoms with E-state index in [0.29, 0.717) is 6.61 Å². The molecule has 2 aromatic carbocycles. The third-order valence-electron chi connectivity index (χ3n) is 3.64. The predicted molar refractivity (Wildman–Crippen MR) is 83.5 cm³/mol. The first-order valence-electron chi connectivity index (χ1n) is 7.32. The zero-order valence-electron chi connectivity index (χ0n) is 12.5. The van der Waals surface area contributed by atoms with E-state index in [1.807, 2.05) is 32.3 Å². The molecule has 3 rings (SSSR count). The minimum Gasteiger partial charge on any atom is -0.492 e. The van der Waals surface area contributed by atoms with E-state index in [-0.39, 0.29) is 12.2 Å². The van der Waals surface area contributed by atoms with E-state index in [0.717, 1.165) is 12.3 Å². The minimum atomic E-state index is 0.184. The molecule has 2 atom stereocenters. The summed E-state index contributed by atoms with van der Waals surface area (Å²) in [5, 5.41) is 0. The third kappa shape index (κ3) is 3.63. The molecule has 0 radical (unpaired) electrons. The average Bonchev–Trinajstić information content (AvgIpc) is 3.29. The van der Waals surface area contributed by atoms with Crippen LogP contribution in [0.25, 0.3) is 0 Å². The van der Waals surface area contributed by atoms with Crippen molar-refractivity contribution in [3.63, 3.8) is 0 Å². The van der Waals surface area contributed by atoms with Crippen LogP contribution in [0.3, 0.4) is 0 Å². The van der Waals surface area contributed by atoms with E-state index in [2.05, 4.69) is 41.3 Å². The Morgan fingerprint density at radius 3 is 2.14 bits per heavy atom. The Morgan fingerprint density at radius 2 is 1.52 bits per heavy atom. The zero-order chi connectivity index (χ0) is 14.7. The zero-order valence-corrected chi connectivity index (χ0v) is 12.5. The van der Waals surface area contributed by atoms with Gasteiger partial charge in [0.15, 0.2) is 0 Å². The standard InChI is InChI=1S/C18H21NO2/c1-19(2)12-13-20-16-10-8-15(9-11-16)18-17(21-18)14-6-4-3-5-7-14/h3-11,17-18H,12-13H2,1-2H3/t17-,18-/m0/s1. The van der Waals surface area contributed by atoms with Crippen LogP contribution in [0.4, 0.5) is 0 Å². The Bertz CT molecular complexity index is 566. The number of hydrogen-bond donors (Lipinski definition) is 0. The smallest absolute Gasteiger partial charge is 0.119 e. The third-order valence-corrected chi connectivity index (χ3v) is 3.64. The van der Waals surface area contributed by atoms with Crippen molar-refractivity contribution in [1.82, 2.24) is 4.90 Å². The Hall–Kier alpha value is -1.84. The van der Waals surface area contributed by atoms with Gasteiger partial charge in [0.05, 0.1) is 0 Å². The highest BCUT2D eigenvalue weighted by Crippen LogP contribution is 2.50. The maximum absolute atomic E-state index is 5.79. The summed E-state index contributed by atoms with van der Waals surface area (Å²) in [6.45, 7) is 1.63. The SMILES string of the molecule is CN(C)CCOc1ccc([C@@H]2O[C@H]2c2ccccc2)cc1. The van der Waals surface area contributed by atoms with E-state index in [1.165, 1.54) is 11.1 Å². The summed E-state index contributed by atoms with van der Waals surface area (Å²) in [5.74, 6) is 0.914. The molecular formula is C18H21NO2. The van der Waals surface area contributed by atoms with E-state index < -0.39 is 0 Å². The lowest BCUT2D eigenvalue weighted by Crippen LogP contribution is -2.19. The molecule has 0 bridgehead atoms. The maximum Gasteiger partial charge on any atom is 0.119 e. The van der Waals surface area contributed by atoms with Gasteiger partial charge in [0.1, 0.15) is 24.6 Å². The van der Waals surface area contributed by atoms with Crippen molar-refractivity contribution in [2.24, 2.45) is 0 Å². The average molecular weight is 283 g/mol. The minimum absolute atomic E-state index is 0.184. The van der Waals surface area contributed by atoms with Crippen LogP contribution in [0.1, 0.15) is 23.3 Å². The molecule has 3 nitrogen and oxygen atoms in total. The topological polar surface area (TPSA) is 25.0 Å². The summed E-state index contributed by atoms with van der Waals surface area (Å²) in [4.78, 5) is 2.11. The van der Waals surface area contributed by atoms with Gasteiger partial charge in [0, 0.05) is 6.54 Å². The number of ether oxygens (including phenoxy) is 2. The van der Waals surface area contributed by atoms with Crippen LogP contribution < -0.4 is 4.74 Å². The van der Waals surface area contributed by atoms with Crippen molar-refractivity contribution >= 4 is 0 Å². The van der Waals surface area contributed by atoms with Crippen LogP contribution in [0, 0.1) is 0 Å². The van der Waals surface area contributed by atoms with Crippen LogP contribution in [0.15, 0.2) is 54.6 Å². The lowest BCUT2D eigenvalue weighted by atomic mass is 10.0. The lowest BCUT2D eigenvalue weighted by Gasteiger charge is -2.11. The molecule has 0 spiro atoms. The van der Waals surface area contributed by atoms with Gasteiger partial charge in [-0.2, -0.15) is 0 Å². The summed E-state index contributed by atoms with van der Waals surface area (Å²) < 4.78 is 11.5. The molecule has 0 N–H and O–H groups in total. The Kier molecular flexibility index (Phi) is 4.23. The first kappa shape index (κ1) is 14.1. The molecule has 1 aliphatic rings. The van der Waals surface area contributed by atoms with E-state index in [9.17, 15) is 0 Å². The predicted octanol–water partition coefficient (Wildman–Crippen LogP) is 3.44. The largest absolute Gasteiger partial charge is 0.492 e. The molecule has 0 aliphatic carbocycles. The molecule has 0 unspecified atom stereocenters. The quantitative estimate of drug-likeness (QED) is 0.759. The van der Waals surface area contributed by atoms with Crippen molar-refractivity contribution in [3.8, 4) is 5.75 Å². The molecule has 1 fully saturated rings. The van der Waals surface area contributed by atoms with E-state index in [1.54, 1.807) is 0 Å². The summed E-state index contributed by atoms with van der Waals surface area (Å²) in [7, 11) is 4.08. The van der Waals surface area contributed by atoms with Crippen molar-refractivity contribution in [1.29, 1.82) is 0 Å². The van der Waals surface area contributed by atoms with Gasteiger partial charge in [-0.3, -0.25) is 0 Å². The summed E-state index contributed by atoms with van der Waals surface area (Å²) >= 11 is 0. The molecule has 21 heavy (non-hydrogen) atoms. The summed E-state index contributed by atoms with van der Waals surface area (Å²) in [6, 6.07) is 18.6. The van der Waals surface area contributed by atoms with Gasteiger partial charge in [-0.15, -0.1) is 0 Å². The number of rotatable bonds is 6. The van der Waals surface area contributed by atoms with E-state index in [4.69, 9.17) is 9.47 Å². The highest BCUT2D eigenvalue weighted by Gasteiger charge is 2.41. The molecule has 1 aliphatic heterocycles. The normalized spacial score (nSPS) is 20.5. The Labute approximate surface area is 126 Å². The second-order valence-corrected chi connectivity index (χ2v) is 5.61. The summed E-state index contributed by atoms with van der Waals surface area (Å²) in [5.41, 5.74) is 2.46. The second kappa shape index (κ2) is 6.29. The molecule has 1 heterocycles. The Balaban J connectivity index is 1.56. The molecule has 2 aromatic rings. The van der Waals surface area contributed by atoms with Crippen LogP contribution in [-0.4, -0.2) is 32.1 Å². The molecule has 0 amide bonds. The first-order valence-corrected chi connectivity index (χ1v) is 7.32. The number of epoxide rings is 1. The lowest BCUT2D eigenvalue weighted by molar-refractivity contribution is 0.261. The second-order valence-electron chi connectivity index (χ2n) is 5.61. The van der Waals surface area contributed by atoms with Gasteiger partial charge in [-0.05, 0) is 37.4 Å². The molecule has 0 saturated carbocycles. The van der Waals surface area contributed by atoms with Crippen molar-refractivity contribution in [2.75, 3.05) is 27.2 Å². The van der Waals surface area contributed by atoms with Gasteiger partial charge in [0.2, 0.25) is 0 Å².